The van der Waals surface area contributed by atoms with Crippen LogP contribution in [0.4, 0.5) is 0 Å². The second-order valence-corrected chi connectivity index (χ2v) is 15.7. The molecule has 0 bridgehead atoms. The van der Waals surface area contributed by atoms with E-state index in [1.807, 2.05) is 0 Å². The Bertz CT molecular complexity index is 1370. The third-order valence-corrected chi connectivity index (χ3v) is 8.04. The molecule has 0 saturated heterocycles. The summed E-state index contributed by atoms with van der Waals surface area (Å²) >= 11 is 0. The van der Waals surface area contributed by atoms with Crippen molar-refractivity contribution in [2.24, 2.45) is 0 Å². The van der Waals surface area contributed by atoms with Gasteiger partial charge in [-0.3, -0.25) is 0 Å². The fourth-order valence-corrected chi connectivity index (χ4v) is 5.04. The van der Waals surface area contributed by atoms with E-state index in [1.165, 1.54) is 22.3 Å². The molecule has 0 atom stereocenters. The van der Waals surface area contributed by atoms with Crippen molar-refractivity contribution >= 4 is 0 Å². The number of hydrogen-bond acceptors (Lipinski definition) is 1. The molecule has 0 unspecified atom stereocenters. The highest BCUT2D eigenvalue weighted by Crippen LogP contribution is 2.42. The first-order chi connectivity index (χ1) is 18.8. The SMILES string of the molecule is CC(C)(C)c1ccc(-c2ccc(C(C)(C)C)cc2Oc2cc(C(C)(C)C)ccc2-c2ccc(C(C)(C)C)cc2)cc1. The third kappa shape index (κ3) is 7.13. The zero-order valence-corrected chi connectivity index (χ0v) is 27.5. The molecule has 1 heteroatoms. The Kier molecular flexibility index (Phi) is 8.09. The van der Waals surface area contributed by atoms with Crippen LogP contribution in [0, 0.1) is 0 Å². The molecule has 0 aromatic heterocycles. The number of benzene rings is 4. The zero-order valence-electron chi connectivity index (χ0n) is 27.5. The lowest BCUT2D eigenvalue weighted by Gasteiger charge is -2.25. The fourth-order valence-electron chi connectivity index (χ4n) is 5.04. The first kappa shape index (κ1) is 30.6. The fraction of sp³-hybridized carbons (Fsp3) is 0.400. The molecule has 4 aromatic carbocycles. The summed E-state index contributed by atoms with van der Waals surface area (Å²) in [6.07, 6.45) is 0. The van der Waals surface area contributed by atoms with Gasteiger partial charge >= 0.3 is 0 Å². The Balaban J connectivity index is 1.88. The number of rotatable bonds is 4. The van der Waals surface area contributed by atoms with Crippen LogP contribution in [-0.4, -0.2) is 0 Å². The predicted molar refractivity (Wildman–Crippen MR) is 179 cm³/mol. The van der Waals surface area contributed by atoms with Crippen molar-refractivity contribution in [1.29, 1.82) is 0 Å². The molecule has 0 heterocycles. The van der Waals surface area contributed by atoms with Crippen molar-refractivity contribution in [2.75, 3.05) is 0 Å². The monoisotopic (exact) mass is 546 g/mol. The molecule has 0 fully saturated rings. The summed E-state index contributed by atoms with van der Waals surface area (Å²) in [5.74, 6) is 1.78. The van der Waals surface area contributed by atoms with E-state index >= 15 is 0 Å². The van der Waals surface area contributed by atoms with Crippen LogP contribution in [0.15, 0.2) is 84.9 Å². The van der Waals surface area contributed by atoms with Crippen molar-refractivity contribution in [3.8, 4) is 33.8 Å². The topological polar surface area (TPSA) is 9.23 Å². The molecule has 1 nitrogen and oxygen atoms in total. The van der Waals surface area contributed by atoms with E-state index in [0.717, 1.165) is 33.8 Å². The summed E-state index contributed by atoms with van der Waals surface area (Å²) in [5.41, 5.74) is 9.93. The molecule has 0 radical (unpaired) electrons. The van der Waals surface area contributed by atoms with Gasteiger partial charge in [0.1, 0.15) is 11.5 Å². The standard InChI is InChI=1S/C40H50O/c1-37(2,3)29-17-13-27(14-18-29)33-23-21-31(39(7,8)9)25-35(33)41-36-26-32(40(10,11)12)22-24-34(36)28-15-19-30(20-16-28)38(4,5)6/h13-26H,1-12H3. The summed E-state index contributed by atoms with van der Waals surface area (Å²) in [6.45, 7) is 27.1. The molecular weight excluding hydrogens is 496 g/mol. The highest BCUT2D eigenvalue weighted by Gasteiger charge is 2.22. The molecule has 0 aliphatic heterocycles. The van der Waals surface area contributed by atoms with Gasteiger partial charge in [-0.25, -0.2) is 0 Å². The van der Waals surface area contributed by atoms with Gasteiger partial charge in [-0.2, -0.15) is 0 Å². The largest absolute Gasteiger partial charge is 0.456 e. The van der Waals surface area contributed by atoms with E-state index < -0.39 is 0 Å². The Morgan fingerprint density at radius 1 is 0.341 bits per heavy atom. The van der Waals surface area contributed by atoms with E-state index in [0.29, 0.717) is 0 Å². The Hall–Kier alpha value is -3.32. The summed E-state index contributed by atoms with van der Waals surface area (Å²) < 4.78 is 7.02. The molecule has 4 rings (SSSR count). The normalized spacial score (nSPS) is 12.9. The van der Waals surface area contributed by atoms with Crippen LogP contribution < -0.4 is 4.74 Å². The van der Waals surface area contributed by atoms with E-state index in [9.17, 15) is 0 Å². The maximum Gasteiger partial charge on any atom is 0.135 e. The number of hydrogen-bond donors (Lipinski definition) is 0. The second kappa shape index (κ2) is 10.8. The lowest BCUT2D eigenvalue weighted by molar-refractivity contribution is 0.478. The molecule has 0 aliphatic rings. The van der Waals surface area contributed by atoms with Crippen molar-refractivity contribution in [3.63, 3.8) is 0 Å². The smallest absolute Gasteiger partial charge is 0.135 e. The quantitative estimate of drug-likeness (QED) is 0.247. The van der Waals surface area contributed by atoms with Crippen LogP contribution in [0.3, 0.4) is 0 Å². The minimum Gasteiger partial charge on any atom is -0.456 e. The van der Waals surface area contributed by atoms with Gasteiger partial charge in [0, 0.05) is 11.1 Å². The van der Waals surface area contributed by atoms with Gasteiger partial charge in [0.05, 0.1) is 0 Å². The van der Waals surface area contributed by atoms with Crippen LogP contribution in [0.5, 0.6) is 11.5 Å². The lowest BCUT2D eigenvalue weighted by Crippen LogP contribution is -2.12. The first-order valence-electron chi connectivity index (χ1n) is 15.0. The number of ether oxygens (including phenoxy) is 1. The van der Waals surface area contributed by atoms with E-state index in [2.05, 4.69) is 168 Å². The van der Waals surface area contributed by atoms with Gasteiger partial charge in [-0.15, -0.1) is 0 Å². The maximum atomic E-state index is 7.02. The van der Waals surface area contributed by atoms with E-state index in [-0.39, 0.29) is 21.7 Å². The summed E-state index contributed by atoms with van der Waals surface area (Å²) in [5, 5.41) is 0. The molecular formula is C40H50O. The van der Waals surface area contributed by atoms with Crippen molar-refractivity contribution in [1.82, 2.24) is 0 Å². The third-order valence-electron chi connectivity index (χ3n) is 8.04. The summed E-state index contributed by atoms with van der Waals surface area (Å²) in [4.78, 5) is 0. The van der Waals surface area contributed by atoms with Gasteiger partial charge in [-0.05, 0) is 67.2 Å². The highest BCUT2D eigenvalue weighted by atomic mass is 16.5. The Morgan fingerprint density at radius 3 is 0.878 bits per heavy atom. The summed E-state index contributed by atoms with van der Waals surface area (Å²) in [6, 6.07) is 31.4. The minimum atomic E-state index is 0.00556. The van der Waals surface area contributed by atoms with Crippen LogP contribution in [0.2, 0.25) is 0 Å². The van der Waals surface area contributed by atoms with Gasteiger partial charge < -0.3 is 4.74 Å². The van der Waals surface area contributed by atoms with Crippen molar-refractivity contribution < 1.29 is 4.74 Å². The second-order valence-electron chi connectivity index (χ2n) is 15.7. The Morgan fingerprint density at radius 2 is 0.610 bits per heavy atom. The average Bonchev–Trinajstić information content (AvgIpc) is 2.87. The van der Waals surface area contributed by atoms with Crippen LogP contribution >= 0.6 is 0 Å². The molecule has 4 aromatic rings. The van der Waals surface area contributed by atoms with Crippen LogP contribution in [0.1, 0.15) is 105 Å². The molecule has 0 aliphatic carbocycles. The molecule has 0 saturated carbocycles. The van der Waals surface area contributed by atoms with Gasteiger partial charge in [0.15, 0.2) is 0 Å². The van der Waals surface area contributed by atoms with Crippen molar-refractivity contribution in [3.05, 3.63) is 107 Å². The van der Waals surface area contributed by atoms with Crippen LogP contribution in [-0.2, 0) is 21.7 Å². The first-order valence-corrected chi connectivity index (χ1v) is 15.0. The highest BCUT2D eigenvalue weighted by molar-refractivity contribution is 5.75. The molecule has 0 spiro atoms. The van der Waals surface area contributed by atoms with Crippen LogP contribution in [0.25, 0.3) is 22.3 Å². The maximum absolute atomic E-state index is 7.02. The molecule has 0 N–H and O–H groups in total. The zero-order chi connectivity index (χ0) is 30.4. The minimum absolute atomic E-state index is 0.00556. The summed E-state index contributed by atoms with van der Waals surface area (Å²) in [7, 11) is 0. The molecule has 41 heavy (non-hydrogen) atoms. The lowest BCUT2D eigenvalue weighted by atomic mass is 9.84. The van der Waals surface area contributed by atoms with Gasteiger partial charge in [0.25, 0.3) is 0 Å². The molecule has 0 amide bonds. The van der Waals surface area contributed by atoms with Gasteiger partial charge in [0.2, 0.25) is 0 Å². The predicted octanol–water partition coefficient (Wildman–Crippen LogP) is 12.0. The van der Waals surface area contributed by atoms with E-state index in [4.69, 9.17) is 4.74 Å². The van der Waals surface area contributed by atoms with Gasteiger partial charge in [-0.1, -0.05) is 156 Å². The average molecular weight is 547 g/mol. The Labute approximate surface area is 250 Å². The van der Waals surface area contributed by atoms with Crippen molar-refractivity contribution in [2.45, 2.75) is 105 Å². The van der Waals surface area contributed by atoms with E-state index in [1.54, 1.807) is 0 Å². The molecule has 216 valence electrons.